The van der Waals surface area contributed by atoms with Crippen LogP contribution >= 0.6 is 0 Å². The fraction of sp³-hybridized carbons (Fsp3) is 0.235. The molecule has 1 heterocycles. The molecule has 5 nitrogen and oxygen atoms in total. The molecule has 0 bridgehead atoms. The fourth-order valence-electron chi connectivity index (χ4n) is 2.29. The Kier molecular flexibility index (Phi) is 3.64. The summed E-state index contributed by atoms with van der Waals surface area (Å²) in [5.74, 6) is 0.295. The number of H-pyrrole nitrogens is 1. The lowest BCUT2D eigenvalue weighted by Crippen LogP contribution is -2.13. The number of rotatable bonds is 3. The lowest BCUT2D eigenvalue weighted by Gasteiger charge is -2.14. The number of fused-ring (bicyclic) bond motifs is 1. The lowest BCUT2D eigenvalue weighted by molar-refractivity contribution is 0.567. The van der Waals surface area contributed by atoms with Gasteiger partial charge in [-0.2, -0.15) is 5.10 Å². The Balaban J connectivity index is 1.92. The minimum Gasteiger partial charge on any atom is -0.280 e. The third-order valence-corrected chi connectivity index (χ3v) is 5.01. The molecule has 2 N–H and O–H groups in total. The van der Waals surface area contributed by atoms with Crippen LogP contribution in [0.1, 0.15) is 26.5 Å². The van der Waals surface area contributed by atoms with Gasteiger partial charge in [-0.15, -0.1) is 0 Å². The van der Waals surface area contributed by atoms with E-state index < -0.39 is 10.0 Å². The standard InChI is InChI=1S/C17H19N3O2S/c1-17(2,3)15-11-16(19-18-15)20-23(21,22)14-9-8-12-6-4-5-7-13(12)10-14/h4-11H,1-3H3,(H2,18,19,20). The number of aromatic nitrogens is 2. The zero-order valence-corrected chi connectivity index (χ0v) is 14.1. The minimum atomic E-state index is -3.67. The molecule has 0 aliphatic carbocycles. The van der Waals surface area contributed by atoms with Gasteiger partial charge in [-0.05, 0) is 22.9 Å². The topological polar surface area (TPSA) is 74.8 Å². The lowest BCUT2D eigenvalue weighted by atomic mass is 9.92. The monoisotopic (exact) mass is 329 g/mol. The molecule has 0 amide bonds. The van der Waals surface area contributed by atoms with E-state index in [1.807, 2.05) is 45.0 Å². The summed E-state index contributed by atoms with van der Waals surface area (Å²) in [5.41, 5.74) is 0.744. The SMILES string of the molecule is CC(C)(C)c1cc(NS(=O)(=O)c2ccc3ccccc3c2)n[nH]1. The molecule has 3 aromatic rings. The van der Waals surface area contributed by atoms with Gasteiger partial charge in [0.05, 0.1) is 4.90 Å². The normalized spacial score (nSPS) is 12.5. The van der Waals surface area contributed by atoms with Crippen molar-refractivity contribution in [3.8, 4) is 0 Å². The average Bonchev–Trinajstić information content (AvgIpc) is 2.94. The number of anilines is 1. The molecular weight excluding hydrogens is 310 g/mol. The second-order valence-corrected chi connectivity index (χ2v) is 8.21. The highest BCUT2D eigenvalue weighted by Gasteiger charge is 2.20. The molecule has 23 heavy (non-hydrogen) atoms. The molecule has 2 aromatic carbocycles. The number of hydrogen-bond acceptors (Lipinski definition) is 3. The van der Waals surface area contributed by atoms with Gasteiger partial charge in [-0.1, -0.05) is 51.1 Å². The van der Waals surface area contributed by atoms with Gasteiger partial charge in [0.15, 0.2) is 5.82 Å². The Bertz CT molecular complexity index is 953. The first kappa shape index (κ1) is 15.6. The van der Waals surface area contributed by atoms with Gasteiger partial charge < -0.3 is 0 Å². The van der Waals surface area contributed by atoms with Gasteiger partial charge >= 0.3 is 0 Å². The smallest absolute Gasteiger partial charge is 0.263 e. The second kappa shape index (κ2) is 5.38. The highest BCUT2D eigenvalue weighted by molar-refractivity contribution is 7.92. The molecule has 0 saturated heterocycles. The summed E-state index contributed by atoms with van der Waals surface area (Å²) < 4.78 is 27.6. The van der Waals surface area contributed by atoms with Crippen LogP contribution in [-0.4, -0.2) is 18.6 Å². The fourth-order valence-corrected chi connectivity index (χ4v) is 3.32. The molecule has 0 atom stereocenters. The van der Waals surface area contributed by atoms with E-state index in [0.29, 0.717) is 5.82 Å². The van der Waals surface area contributed by atoms with Crippen LogP contribution in [0.3, 0.4) is 0 Å². The highest BCUT2D eigenvalue weighted by Crippen LogP contribution is 2.24. The van der Waals surface area contributed by atoms with Gasteiger partial charge in [0.25, 0.3) is 10.0 Å². The Morgan fingerprint density at radius 3 is 2.35 bits per heavy atom. The van der Waals surface area contributed by atoms with Crippen molar-refractivity contribution in [3.05, 3.63) is 54.2 Å². The number of hydrogen-bond donors (Lipinski definition) is 2. The Morgan fingerprint density at radius 2 is 1.70 bits per heavy atom. The summed E-state index contributed by atoms with van der Waals surface area (Å²) in [6.45, 7) is 6.09. The molecular formula is C17H19N3O2S. The number of nitrogens with one attached hydrogen (secondary N) is 2. The Labute approximate surface area is 135 Å². The average molecular weight is 329 g/mol. The third kappa shape index (κ3) is 3.22. The van der Waals surface area contributed by atoms with E-state index in [4.69, 9.17) is 0 Å². The van der Waals surface area contributed by atoms with Gasteiger partial charge in [0.2, 0.25) is 0 Å². The van der Waals surface area contributed by atoms with Crippen molar-refractivity contribution in [2.45, 2.75) is 31.1 Å². The van der Waals surface area contributed by atoms with Crippen LogP contribution < -0.4 is 4.72 Å². The van der Waals surface area contributed by atoms with E-state index in [0.717, 1.165) is 16.5 Å². The number of aromatic amines is 1. The van der Waals surface area contributed by atoms with E-state index in [1.54, 1.807) is 24.3 Å². The van der Waals surface area contributed by atoms with Crippen LogP contribution in [0.15, 0.2) is 53.4 Å². The third-order valence-electron chi connectivity index (χ3n) is 3.66. The zero-order chi connectivity index (χ0) is 16.7. The van der Waals surface area contributed by atoms with Gasteiger partial charge in [-0.3, -0.25) is 9.82 Å². The molecule has 0 spiro atoms. The molecule has 0 fully saturated rings. The molecule has 3 rings (SSSR count). The van der Waals surface area contributed by atoms with Crippen molar-refractivity contribution >= 4 is 26.6 Å². The van der Waals surface area contributed by atoms with Crippen molar-refractivity contribution in [2.75, 3.05) is 4.72 Å². The quantitative estimate of drug-likeness (QED) is 0.770. The first-order valence-electron chi connectivity index (χ1n) is 7.33. The van der Waals surface area contributed by atoms with Crippen molar-refractivity contribution in [2.24, 2.45) is 0 Å². The molecule has 0 radical (unpaired) electrons. The maximum atomic E-state index is 12.5. The van der Waals surface area contributed by atoms with Crippen LogP contribution in [0, 0.1) is 0 Å². The largest absolute Gasteiger partial charge is 0.280 e. The molecule has 0 unspecified atom stereocenters. The molecule has 0 aliphatic heterocycles. The zero-order valence-electron chi connectivity index (χ0n) is 13.3. The van der Waals surface area contributed by atoms with E-state index in [-0.39, 0.29) is 10.3 Å². The van der Waals surface area contributed by atoms with Crippen LogP contribution in [0.5, 0.6) is 0 Å². The molecule has 6 heteroatoms. The molecule has 0 aliphatic rings. The van der Waals surface area contributed by atoms with Gasteiger partial charge in [0.1, 0.15) is 0 Å². The predicted octanol–water partition coefficient (Wildman–Crippen LogP) is 3.66. The van der Waals surface area contributed by atoms with E-state index in [9.17, 15) is 8.42 Å². The van der Waals surface area contributed by atoms with Gasteiger partial charge in [0, 0.05) is 17.2 Å². The van der Waals surface area contributed by atoms with Crippen LogP contribution in [-0.2, 0) is 15.4 Å². The number of benzene rings is 2. The summed E-state index contributed by atoms with van der Waals surface area (Å²) in [7, 11) is -3.67. The first-order valence-corrected chi connectivity index (χ1v) is 8.81. The van der Waals surface area contributed by atoms with Crippen LogP contribution in [0.2, 0.25) is 0 Å². The maximum Gasteiger partial charge on any atom is 0.263 e. The number of nitrogens with zero attached hydrogens (tertiary/aromatic N) is 1. The van der Waals surface area contributed by atoms with Crippen molar-refractivity contribution in [1.82, 2.24) is 10.2 Å². The van der Waals surface area contributed by atoms with Crippen molar-refractivity contribution in [3.63, 3.8) is 0 Å². The van der Waals surface area contributed by atoms with Crippen LogP contribution in [0.4, 0.5) is 5.82 Å². The summed E-state index contributed by atoms with van der Waals surface area (Å²) in [6, 6.07) is 14.4. The Morgan fingerprint density at radius 1 is 1.00 bits per heavy atom. The van der Waals surface area contributed by atoms with Crippen molar-refractivity contribution < 1.29 is 8.42 Å². The predicted molar refractivity (Wildman–Crippen MR) is 92.0 cm³/mol. The second-order valence-electron chi connectivity index (χ2n) is 6.53. The maximum absolute atomic E-state index is 12.5. The minimum absolute atomic E-state index is 0.125. The number of sulfonamides is 1. The van der Waals surface area contributed by atoms with E-state index in [2.05, 4.69) is 14.9 Å². The highest BCUT2D eigenvalue weighted by atomic mass is 32.2. The van der Waals surface area contributed by atoms with E-state index in [1.165, 1.54) is 0 Å². The summed E-state index contributed by atoms with van der Waals surface area (Å²) in [6.07, 6.45) is 0. The Hall–Kier alpha value is -2.34. The van der Waals surface area contributed by atoms with E-state index >= 15 is 0 Å². The summed E-state index contributed by atoms with van der Waals surface area (Å²) >= 11 is 0. The van der Waals surface area contributed by atoms with Gasteiger partial charge in [-0.25, -0.2) is 8.42 Å². The van der Waals surface area contributed by atoms with Crippen LogP contribution in [0.25, 0.3) is 10.8 Å². The summed E-state index contributed by atoms with van der Waals surface area (Å²) in [4.78, 5) is 0.219. The first-order chi connectivity index (χ1) is 10.8. The molecule has 120 valence electrons. The molecule has 0 saturated carbocycles. The van der Waals surface area contributed by atoms with Crippen molar-refractivity contribution in [1.29, 1.82) is 0 Å². The molecule has 1 aromatic heterocycles. The summed E-state index contributed by atoms with van der Waals surface area (Å²) in [5, 5.41) is 8.80.